The normalized spacial score (nSPS) is 10.7. The van der Waals surface area contributed by atoms with Gasteiger partial charge in [0.2, 0.25) is 11.9 Å². The van der Waals surface area contributed by atoms with Gasteiger partial charge in [-0.2, -0.15) is 4.39 Å². The van der Waals surface area contributed by atoms with E-state index in [2.05, 4.69) is 20.9 Å². The van der Waals surface area contributed by atoms with Gasteiger partial charge in [-0.05, 0) is 71.5 Å². The molecule has 1 aromatic heterocycles. The maximum atomic E-state index is 13.4. The van der Waals surface area contributed by atoms with Crippen LogP contribution < -0.4 is 15.2 Å². The zero-order valence-electron chi connectivity index (χ0n) is 17.0. The molecular weight excluding hydrogens is 451 g/mol. The van der Waals surface area contributed by atoms with Gasteiger partial charge in [0.15, 0.2) is 0 Å². The van der Waals surface area contributed by atoms with E-state index in [-0.39, 0.29) is 0 Å². The number of rotatable bonds is 7. The van der Waals surface area contributed by atoms with Crippen molar-refractivity contribution in [1.82, 2.24) is 4.98 Å². The minimum Gasteiger partial charge on any atom is -0.497 e. The predicted molar refractivity (Wildman–Crippen MR) is 118 cm³/mol. The van der Waals surface area contributed by atoms with E-state index >= 15 is 0 Å². The molecule has 2 N–H and O–H groups in total. The van der Waals surface area contributed by atoms with E-state index in [1.54, 1.807) is 33.3 Å². The zero-order chi connectivity index (χ0) is 21.8. The van der Waals surface area contributed by atoms with Gasteiger partial charge >= 0.3 is 0 Å². The van der Waals surface area contributed by atoms with Gasteiger partial charge in [0.05, 0.1) is 14.2 Å². The highest BCUT2D eigenvalue weighted by Gasteiger charge is 2.18. The lowest BCUT2D eigenvalue weighted by molar-refractivity contribution is 0.0999. The van der Waals surface area contributed by atoms with Gasteiger partial charge in [0.25, 0.3) is 0 Å². The van der Waals surface area contributed by atoms with Crippen LogP contribution in [0.4, 0.5) is 4.39 Å². The highest BCUT2D eigenvalue weighted by atomic mass is 79.9. The van der Waals surface area contributed by atoms with Crippen LogP contribution in [0, 0.1) is 12.9 Å². The second kappa shape index (κ2) is 9.26. The molecule has 0 aliphatic carbocycles. The van der Waals surface area contributed by atoms with Crippen LogP contribution in [0.5, 0.6) is 11.5 Å². The molecule has 0 spiro atoms. The number of methoxy groups -OCH3 is 2. The van der Waals surface area contributed by atoms with E-state index in [0.717, 1.165) is 33.4 Å². The predicted octanol–water partition coefficient (Wildman–Crippen LogP) is 4.80. The summed E-state index contributed by atoms with van der Waals surface area (Å²) in [7, 11) is 3.18. The van der Waals surface area contributed by atoms with Gasteiger partial charge in [-0.1, -0.05) is 15.9 Å². The van der Waals surface area contributed by atoms with Crippen LogP contribution >= 0.6 is 15.9 Å². The number of hydrogen-bond donors (Lipinski definition) is 1. The average molecular weight is 473 g/mol. The monoisotopic (exact) mass is 472 g/mol. The molecule has 0 radical (unpaired) electrons. The Balaban J connectivity index is 2.14. The van der Waals surface area contributed by atoms with Crippen LogP contribution in [-0.4, -0.2) is 25.1 Å². The number of nitrogens with two attached hydrogens (primary N) is 1. The smallest absolute Gasteiger partial charge is 0.249 e. The Morgan fingerprint density at radius 2 is 1.77 bits per heavy atom. The first-order valence-corrected chi connectivity index (χ1v) is 10.3. The summed E-state index contributed by atoms with van der Waals surface area (Å²) in [5.41, 5.74) is 11.0. The molecule has 0 saturated heterocycles. The third-order valence-corrected chi connectivity index (χ3v) is 5.54. The summed E-state index contributed by atoms with van der Waals surface area (Å²) in [6.07, 6.45) is 1.93. The summed E-state index contributed by atoms with van der Waals surface area (Å²) in [6.45, 7) is 1.80. The highest BCUT2D eigenvalue weighted by molar-refractivity contribution is 9.08. The van der Waals surface area contributed by atoms with Crippen molar-refractivity contribution in [3.8, 4) is 22.6 Å². The minimum atomic E-state index is -0.546. The number of alkyl halides is 1. The first-order chi connectivity index (χ1) is 14.4. The van der Waals surface area contributed by atoms with Crippen molar-refractivity contribution in [2.24, 2.45) is 5.73 Å². The van der Waals surface area contributed by atoms with Gasteiger partial charge in [0, 0.05) is 28.7 Å². The van der Waals surface area contributed by atoms with E-state index in [0.29, 0.717) is 28.8 Å². The van der Waals surface area contributed by atoms with Crippen molar-refractivity contribution >= 4 is 21.8 Å². The third-order valence-electron chi connectivity index (χ3n) is 4.93. The molecule has 0 aliphatic heterocycles. The van der Waals surface area contributed by atoms with Gasteiger partial charge in [0.1, 0.15) is 11.5 Å². The number of ether oxygens (including phenoxy) is 2. The summed E-state index contributed by atoms with van der Waals surface area (Å²) in [5.74, 6) is 0.248. The molecule has 0 saturated carbocycles. The standard InChI is InChI=1S/C23H22BrFN2O3/c1-13-4-22(25)27-12-21(13)15-8-16(11-24)19(20(9-15)23(26)28)7-14-5-17(29-2)10-18(6-14)30-3/h4-6,8-10,12H,7,11H2,1-3H3,(H2,26,28). The van der Waals surface area contributed by atoms with Crippen molar-refractivity contribution < 1.29 is 18.7 Å². The van der Waals surface area contributed by atoms with E-state index in [9.17, 15) is 9.18 Å². The molecule has 0 atom stereocenters. The summed E-state index contributed by atoms with van der Waals surface area (Å²) in [4.78, 5) is 16.1. The van der Waals surface area contributed by atoms with Gasteiger partial charge in [-0.15, -0.1) is 0 Å². The Kier molecular flexibility index (Phi) is 6.72. The summed E-state index contributed by atoms with van der Waals surface area (Å²) in [6, 6.07) is 10.7. The molecule has 7 heteroatoms. The number of benzene rings is 2. The molecule has 30 heavy (non-hydrogen) atoms. The second-order valence-corrected chi connectivity index (χ2v) is 7.44. The number of pyridine rings is 1. The number of amides is 1. The van der Waals surface area contributed by atoms with Crippen LogP contribution in [0.1, 0.15) is 32.6 Å². The third kappa shape index (κ3) is 4.62. The molecule has 3 rings (SSSR count). The Morgan fingerprint density at radius 3 is 2.30 bits per heavy atom. The van der Waals surface area contributed by atoms with Crippen LogP contribution in [0.25, 0.3) is 11.1 Å². The maximum Gasteiger partial charge on any atom is 0.249 e. The van der Waals surface area contributed by atoms with Crippen LogP contribution in [0.2, 0.25) is 0 Å². The topological polar surface area (TPSA) is 74.4 Å². The summed E-state index contributed by atoms with van der Waals surface area (Å²) in [5, 5.41) is 0.519. The number of aromatic nitrogens is 1. The van der Waals surface area contributed by atoms with E-state index in [1.165, 1.54) is 12.3 Å². The van der Waals surface area contributed by atoms with Crippen LogP contribution in [0.3, 0.4) is 0 Å². The van der Waals surface area contributed by atoms with Crippen molar-refractivity contribution in [3.05, 3.63) is 76.4 Å². The number of halogens is 2. The molecule has 5 nitrogen and oxygen atoms in total. The maximum absolute atomic E-state index is 13.4. The van der Waals surface area contributed by atoms with Crippen molar-refractivity contribution in [2.45, 2.75) is 18.7 Å². The first kappa shape index (κ1) is 21.8. The van der Waals surface area contributed by atoms with E-state index in [1.807, 2.05) is 18.2 Å². The molecule has 1 heterocycles. The molecule has 0 fully saturated rings. The number of carbonyl (C=O) groups excluding carboxylic acids is 1. The van der Waals surface area contributed by atoms with Gasteiger partial charge in [-0.3, -0.25) is 4.79 Å². The van der Waals surface area contributed by atoms with Gasteiger partial charge in [-0.25, -0.2) is 4.98 Å². The summed E-state index contributed by atoms with van der Waals surface area (Å²) < 4.78 is 24.1. The molecule has 3 aromatic rings. The lowest BCUT2D eigenvalue weighted by Gasteiger charge is -2.17. The number of primary amides is 1. The second-order valence-electron chi connectivity index (χ2n) is 6.88. The molecule has 0 bridgehead atoms. The van der Waals surface area contributed by atoms with E-state index < -0.39 is 11.9 Å². The summed E-state index contributed by atoms with van der Waals surface area (Å²) >= 11 is 3.52. The Labute approximate surface area is 183 Å². The van der Waals surface area contributed by atoms with Crippen LogP contribution in [-0.2, 0) is 11.8 Å². The highest BCUT2D eigenvalue weighted by Crippen LogP contribution is 2.32. The number of carbonyl (C=O) groups is 1. The molecule has 156 valence electrons. The SMILES string of the molecule is COc1cc(Cc2c(CBr)cc(-c3cnc(F)cc3C)cc2C(N)=O)cc(OC)c1. The molecule has 0 unspecified atom stereocenters. The van der Waals surface area contributed by atoms with Crippen molar-refractivity contribution in [2.75, 3.05) is 14.2 Å². The largest absolute Gasteiger partial charge is 0.497 e. The Morgan fingerprint density at radius 1 is 1.10 bits per heavy atom. The van der Waals surface area contributed by atoms with E-state index in [4.69, 9.17) is 15.2 Å². The molecule has 1 amide bonds. The number of aryl methyl sites for hydroxylation is 1. The fourth-order valence-electron chi connectivity index (χ4n) is 3.43. The fourth-order valence-corrected chi connectivity index (χ4v) is 3.93. The fraction of sp³-hybridized carbons (Fsp3) is 0.217. The number of hydrogen-bond acceptors (Lipinski definition) is 4. The minimum absolute atomic E-state index is 0.410. The molecule has 2 aromatic carbocycles. The quantitative estimate of drug-likeness (QED) is 0.395. The number of nitrogens with zero attached hydrogens (tertiary/aromatic N) is 1. The Bertz CT molecular complexity index is 1080. The van der Waals surface area contributed by atoms with Crippen molar-refractivity contribution in [1.29, 1.82) is 0 Å². The molecular formula is C23H22BrFN2O3. The zero-order valence-corrected chi connectivity index (χ0v) is 18.5. The van der Waals surface area contributed by atoms with Crippen LogP contribution in [0.15, 0.2) is 42.6 Å². The molecule has 0 aliphatic rings. The Hall–Kier alpha value is -2.93. The average Bonchev–Trinajstić information content (AvgIpc) is 2.73. The van der Waals surface area contributed by atoms with Crippen molar-refractivity contribution in [3.63, 3.8) is 0 Å². The first-order valence-electron chi connectivity index (χ1n) is 9.22. The van der Waals surface area contributed by atoms with Gasteiger partial charge < -0.3 is 15.2 Å². The lowest BCUT2D eigenvalue weighted by atomic mass is 9.90. The lowest BCUT2D eigenvalue weighted by Crippen LogP contribution is -2.16.